The lowest BCUT2D eigenvalue weighted by atomic mass is 10.1. The van der Waals surface area contributed by atoms with E-state index in [-0.39, 0.29) is 17.9 Å². The number of hydrogen-bond donors (Lipinski definition) is 3. The summed E-state index contributed by atoms with van der Waals surface area (Å²) in [5.41, 5.74) is 10.8. The predicted molar refractivity (Wildman–Crippen MR) is 138 cm³/mol. The molecule has 11 heteroatoms. The molecule has 0 aliphatic carbocycles. The van der Waals surface area contributed by atoms with Crippen molar-refractivity contribution in [2.24, 2.45) is 16.5 Å². The van der Waals surface area contributed by atoms with E-state index in [0.717, 1.165) is 11.6 Å². The van der Waals surface area contributed by atoms with Gasteiger partial charge in [-0.25, -0.2) is 4.99 Å². The molecule has 198 valence electrons. The van der Waals surface area contributed by atoms with Crippen molar-refractivity contribution < 1.29 is 28.2 Å². The summed E-state index contributed by atoms with van der Waals surface area (Å²) in [5, 5.41) is 9.59. The van der Waals surface area contributed by atoms with Crippen LogP contribution in [0.4, 0.5) is 14.5 Å². The molecule has 0 unspecified atom stereocenters. The number of aliphatic imine (C=N–C) groups is 1. The number of allylic oxidation sites excluding steroid dienone is 1. The number of carbonyl (C=O) groups is 2. The molecule has 37 heavy (non-hydrogen) atoms. The van der Waals surface area contributed by atoms with Crippen molar-refractivity contribution in [3.05, 3.63) is 65.1 Å². The van der Waals surface area contributed by atoms with Gasteiger partial charge < -0.3 is 26.2 Å². The Morgan fingerprint density at radius 1 is 1.30 bits per heavy atom. The highest BCUT2D eigenvalue weighted by atomic mass is 19.1. The van der Waals surface area contributed by atoms with E-state index in [4.69, 9.17) is 10.5 Å². The quantitative estimate of drug-likeness (QED) is 0.245. The van der Waals surface area contributed by atoms with Crippen molar-refractivity contribution in [3.63, 3.8) is 0 Å². The molecular weight excluding hydrogens is 484 g/mol. The predicted octanol–water partition coefficient (Wildman–Crippen LogP) is 2.10. The highest BCUT2D eigenvalue weighted by Gasteiger charge is 2.20. The summed E-state index contributed by atoms with van der Waals surface area (Å²) in [6, 6.07) is 7.73. The van der Waals surface area contributed by atoms with Crippen LogP contribution in [0.15, 0.2) is 47.1 Å². The van der Waals surface area contributed by atoms with Gasteiger partial charge in [0, 0.05) is 30.8 Å². The van der Waals surface area contributed by atoms with E-state index < -0.39 is 17.5 Å². The zero-order valence-electron chi connectivity index (χ0n) is 21.2. The topological polar surface area (TPSA) is 144 Å². The van der Waals surface area contributed by atoms with Crippen LogP contribution < -0.4 is 21.1 Å². The first-order chi connectivity index (χ1) is 17.5. The monoisotopic (exact) mass is 515 g/mol. The molecule has 0 radical (unpaired) electrons. The number of aromatic nitrogens is 1. The molecule has 2 amide bonds. The zero-order valence-corrected chi connectivity index (χ0v) is 21.2. The molecule has 3 rings (SSSR count). The third-order valence-corrected chi connectivity index (χ3v) is 4.58. The molecule has 1 aromatic carbocycles. The second kappa shape index (κ2) is 15.1. The lowest BCUT2D eigenvalue weighted by molar-refractivity contribution is -0.118. The lowest BCUT2D eigenvalue weighted by Gasteiger charge is -2.16. The number of carbonyl (C=O) groups excluding carboxylic acids is 2. The van der Waals surface area contributed by atoms with E-state index in [1.807, 2.05) is 6.07 Å². The highest BCUT2D eigenvalue weighted by Crippen LogP contribution is 2.31. The fraction of sp³-hybridized carbons (Fsp3) is 0.308. The number of ether oxygens (including phenoxy) is 1. The molecule has 0 fully saturated rings. The Morgan fingerprint density at radius 2 is 2.00 bits per heavy atom. The number of fused-ring (bicyclic) bond motifs is 1. The summed E-state index contributed by atoms with van der Waals surface area (Å²) >= 11 is 0. The Bertz CT molecular complexity index is 1200. The SMILES string of the molecule is CN.CN1C(=O)CCOc2ccc(C#CC(C)(C)O)cc21.N/C=C(\C=NC=O)Cc1ccc(F)nc1F. The molecule has 0 saturated carbocycles. The van der Waals surface area contributed by atoms with E-state index in [9.17, 15) is 23.5 Å². The van der Waals surface area contributed by atoms with Gasteiger partial charge in [0.25, 0.3) is 0 Å². The summed E-state index contributed by atoms with van der Waals surface area (Å²) in [4.78, 5) is 29.7. The number of rotatable bonds is 4. The first-order valence-electron chi connectivity index (χ1n) is 11.1. The number of benzene rings is 1. The Labute approximate surface area is 214 Å². The number of nitrogens with two attached hydrogens (primary N) is 2. The van der Waals surface area contributed by atoms with Gasteiger partial charge in [-0.1, -0.05) is 11.8 Å². The zero-order chi connectivity index (χ0) is 28.0. The second-order valence-corrected chi connectivity index (χ2v) is 7.93. The molecule has 9 nitrogen and oxygen atoms in total. The van der Waals surface area contributed by atoms with Gasteiger partial charge in [-0.3, -0.25) is 9.59 Å². The number of aliphatic hydroxyl groups is 1. The van der Waals surface area contributed by atoms with E-state index in [0.29, 0.717) is 36.4 Å². The van der Waals surface area contributed by atoms with Crippen LogP contribution in [0.1, 0.15) is 31.4 Å². The molecule has 1 aliphatic rings. The van der Waals surface area contributed by atoms with E-state index in [2.05, 4.69) is 27.6 Å². The number of halogens is 2. The smallest absolute Gasteiger partial charge is 0.232 e. The van der Waals surface area contributed by atoms with Gasteiger partial charge in [-0.05, 0) is 63.0 Å². The van der Waals surface area contributed by atoms with Gasteiger partial charge in [0.15, 0.2) is 0 Å². The molecule has 0 spiro atoms. The van der Waals surface area contributed by atoms with Crippen molar-refractivity contribution in [2.45, 2.75) is 32.3 Å². The van der Waals surface area contributed by atoms with Gasteiger partial charge in [-0.2, -0.15) is 13.8 Å². The third-order valence-electron chi connectivity index (χ3n) is 4.58. The van der Waals surface area contributed by atoms with Crippen LogP contribution >= 0.6 is 0 Å². The Balaban J connectivity index is 0.000000352. The summed E-state index contributed by atoms with van der Waals surface area (Å²) < 4.78 is 31.2. The highest BCUT2D eigenvalue weighted by molar-refractivity contribution is 5.95. The second-order valence-electron chi connectivity index (χ2n) is 7.93. The van der Waals surface area contributed by atoms with Gasteiger partial charge in [-0.15, -0.1) is 0 Å². The molecular formula is C26H31F2N5O4. The minimum atomic E-state index is -1.04. The van der Waals surface area contributed by atoms with Crippen LogP contribution in [0.3, 0.4) is 0 Å². The maximum absolute atomic E-state index is 13.1. The minimum absolute atomic E-state index is 0.0198. The number of pyridine rings is 1. The van der Waals surface area contributed by atoms with E-state index >= 15 is 0 Å². The van der Waals surface area contributed by atoms with Crippen LogP contribution in [0, 0.1) is 23.7 Å². The minimum Gasteiger partial charge on any atom is -0.491 e. The maximum Gasteiger partial charge on any atom is 0.232 e. The fourth-order valence-corrected chi connectivity index (χ4v) is 2.82. The average molecular weight is 516 g/mol. The van der Waals surface area contributed by atoms with Crippen LogP contribution in [-0.2, 0) is 16.0 Å². The Morgan fingerprint density at radius 3 is 2.59 bits per heavy atom. The van der Waals surface area contributed by atoms with Gasteiger partial charge in [0.05, 0.1) is 18.7 Å². The fourth-order valence-electron chi connectivity index (χ4n) is 2.82. The first kappa shape index (κ1) is 30.9. The third kappa shape index (κ3) is 10.6. The summed E-state index contributed by atoms with van der Waals surface area (Å²) in [6.45, 7) is 3.65. The summed E-state index contributed by atoms with van der Waals surface area (Å²) in [7, 11) is 3.23. The van der Waals surface area contributed by atoms with Crippen LogP contribution in [0.2, 0.25) is 0 Å². The average Bonchev–Trinajstić information content (AvgIpc) is 3.01. The molecule has 0 saturated heterocycles. The van der Waals surface area contributed by atoms with Crippen LogP contribution in [-0.4, -0.2) is 54.9 Å². The van der Waals surface area contributed by atoms with E-state index in [1.165, 1.54) is 25.5 Å². The lowest BCUT2D eigenvalue weighted by Crippen LogP contribution is -2.25. The van der Waals surface area contributed by atoms with Gasteiger partial charge in [0.1, 0.15) is 11.4 Å². The van der Waals surface area contributed by atoms with Crippen LogP contribution in [0.25, 0.3) is 0 Å². The number of amides is 2. The molecule has 5 N–H and O–H groups in total. The molecule has 2 heterocycles. The summed E-state index contributed by atoms with van der Waals surface area (Å²) in [5.74, 6) is 4.56. The van der Waals surface area contributed by atoms with Crippen molar-refractivity contribution in [3.8, 4) is 17.6 Å². The molecule has 0 atom stereocenters. The molecule has 1 aliphatic heterocycles. The molecule has 2 aromatic rings. The molecule has 0 bridgehead atoms. The van der Waals surface area contributed by atoms with Crippen molar-refractivity contribution in [1.82, 2.24) is 4.98 Å². The Hall–Kier alpha value is -4.14. The van der Waals surface area contributed by atoms with Crippen molar-refractivity contribution in [2.75, 3.05) is 25.6 Å². The normalized spacial score (nSPS) is 13.0. The van der Waals surface area contributed by atoms with Crippen molar-refractivity contribution >= 4 is 24.2 Å². The number of hydrogen-bond acceptors (Lipinski definition) is 7. The van der Waals surface area contributed by atoms with Gasteiger partial charge in [0.2, 0.25) is 24.2 Å². The number of nitrogens with zero attached hydrogens (tertiary/aromatic N) is 3. The standard InChI is InChI=1S/C15H17NO3.C10H9F2N3O.CH5N/c1-15(2,18)8-6-11-4-5-13-12(10-11)16(3)14(17)7-9-19-13;11-9-2-1-8(10(12)15-9)3-7(4-13)5-14-6-16;1-2/h4-5,10,18H,7,9H2,1-3H3;1-2,4-6H,3,13H2;2H2,1H3/b;7-4-,14-5?;. The van der Waals surface area contributed by atoms with Gasteiger partial charge >= 0.3 is 0 Å². The number of anilines is 1. The largest absolute Gasteiger partial charge is 0.491 e. The van der Waals surface area contributed by atoms with E-state index in [1.54, 1.807) is 37.9 Å². The van der Waals surface area contributed by atoms with Crippen molar-refractivity contribution in [1.29, 1.82) is 0 Å². The van der Waals surface area contributed by atoms with Crippen LogP contribution in [0.5, 0.6) is 5.75 Å². The maximum atomic E-state index is 13.1. The first-order valence-corrected chi connectivity index (χ1v) is 11.1. The molecule has 1 aromatic heterocycles. The summed E-state index contributed by atoms with van der Waals surface area (Å²) in [6.07, 6.45) is 3.19. The Kier molecular flexibility index (Phi) is 12.6.